The Kier molecular flexibility index (Phi) is 5.99. The topological polar surface area (TPSA) is 71.1 Å². The van der Waals surface area contributed by atoms with Gasteiger partial charge in [0.15, 0.2) is 11.9 Å². The molecule has 146 valence electrons. The molecule has 1 aliphatic rings. The van der Waals surface area contributed by atoms with Crippen LogP contribution in [0.1, 0.15) is 36.7 Å². The molecule has 2 aromatic rings. The third-order valence-corrected chi connectivity index (χ3v) is 4.06. The molecule has 0 fully saturated rings. The minimum absolute atomic E-state index is 0.172. The zero-order valence-electron chi connectivity index (χ0n) is 16.1. The molecule has 0 aliphatic carbocycles. The number of carbonyl (C=O) groups excluding carboxylic acids is 2. The van der Waals surface area contributed by atoms with E-state index in [4.69, 9.17) is 18.9 Å². The van der Waals surface area contributed by atoms with Crippen LogP contribution in [0.25, 0.3) is 6.08 Å². The molecule has 0 aromatic heterocycles. The van der Waals surface area contributed by atoms with E-state index in [0.29, 0.717) is 36.0 Å². The number of benzene rings is 2. The molecule has 6 heteroatoms. The number of Topliss-reactive ketones (excluding diaryl/α,β-unsaturated/α-hetero) is 1. The molecule has 0 spiro atoms. The molecule has 2 aromatic carbocycles. The highest BCUT2D eigenvalue weighted by Crippen LogP contribution is 2.35. The van der Waals surface area contributed by atoms with Gasteiger partial charge in [-0.05, 0) is 56.7 Å². The van der Waals surface area contributed by atoms with E-state index in [9.17, 15) is 9.59 Å². The van der Waals surface area contributed by atoms with Gasteiger partial charge < -0.3 is 18.9 Å². The van der Waals surface area contributed by atoms with Crippen LogP contribution in [0.5, 0.6) is 17.2 Å². The molecule has 0 radical (unpaired) electrons. The molecule has 6 nitrogen and oxygen atoms in total. The fourth-order valence-electron chi connectivity index (χ4n) is 2.73. The first-order valence-corrected chi connectivity index (χ1v) is 9.16. The fourth-order valence-corrected chi connectivity index (χ4v) is 2.73. The van der Waals surface area contributed by atoms with Crippen molar-refractivity contribution in [1.29, 1.82) is 0 Å². The standard InChI is InChI=1S/C22H22O6/c1-4-25-17-10-11-18-19(13-17)28-20(21(18)23)12-15-6-8-16(9-7-15)27-14(3)22(24)26-5-2/h6-14H,4-5H2,1-3H3/b20-12-/t14-/m1/s1. The monoisotopic (exact) mass is 382 g/mol. The van der Waals surface area contributed by atoms with Crippen molar-refractivity contribution in [3.63, 3.8) is 0 Å². The number of esters is 1. The second-order valence-corrected chi connectivity index (χ2v) is 6.11. The summed E-state index contributed by atoms with van der Waals surface area (Å²) in [7, 11) is 0. The van der Waals surface area contributed by atoms with Crippen molar-refractivity contribution in [1.82, 2.24) is 0 Å². The Labute approximate surface area is 163 Å². The first-order valence-electron chi connectivity index (χ1n) is 9.16. The molecule has 1 atom stereocenters. The molecule has 0 saturated carbocycles. The molecule has 0 saturated heterocycles. The summed E-state index contributed by atoms with van der Waals surface area (Å²) >= 11 is 0. The summed E-state index contributed by atoms with van der Waals surface area (Å²) in [6, 6.07) is 12.2. The number of hydrogen-bond acceptors (Lipinski definition) is 6. The summed E-state index contributed by atoms with van der Waals surface area (Å²) in [6.45, 7) is 6.12. The highest BCUT2D eigenvalue weighted by molar-refractivity contribution is 6.14. The van der Waals surface area contributed by atoms with Gasteiger partial charge in [-0.25, -0.2) is 4.79 Å². The maximum Gasteiger partial charge on any atom is 0.347 e. The number of ether oxygens (including phenoxy) is 4. The van der Waals surface area contributed by atoms with Crippen LogP contribution >= 0.6 is 0 Å². The molecule has 0 N–H and O–H groups in total. The molecule has 3 rings (SSSR count). The largest absolute Gasteiger partial charge is 0.494 e. The van der Waals surface area contributed by atoms with Gasteiger partial charge >= 0.3 is 5.97 Å². The smallest absolute Gasteiger partial charge is 0.347 e. The Bertz CT molecular complexity index is 898. The second kappa shape index (κ2) is 8.61. The highest BCUT2D eigenvalue weighted by atomic mass is 16.6. The molecule has 0 amide bonds. The lowest BCUT2D eigenvalue weighted by molar-refractivity contribution is -0.150. The summed E-state index contributed by atoms with van der Waals surface area (Å²) in [6.07, 6.45) is 0.972. The minimum Gasteiger partial charge on any atom is -0.494 e. The molecule has 1 heterocycles. The quantitative estimate of drug-likeness (QED) is 0.532. The maximum atomic E-state index is 12.5. The van der Waals surface area contributed by atoms with Gasteiger partial charge in [-0.3, -0.25) is 4.79 Å². The number of hydrogen-bond donors (Lipinski definition) is 0. The molecule has 1 aliphatic heterocycles. The van der Waals surface area contributed by atoms with Crippen LogP contribution < -0.4 is 14.2 Å². The van der Waals surface area contributed by atoms with E-state index in [1.807, 2.05) is 6.92 Å². The zero-order valence-corrected chi connectivity index (χ0v) is 16.1. The predicted octanol–water partition coefficient (Wildman–Crippen LogP) is 4.03. The number of fused-ring (bicyclic) bond motifs is 1. The van der Waals surface area contributed by atoms with Crippen molar-refractivity contribution >= 4 is 17.8 Å². The van der Waals surface area contributed by atoms with Gasteiger partial charge in [0, 0.05) is 6.07 Å². The average Bonchev–Trinajstić information content (AvgIpc) is 2.99. The summed E-state index contributed by atoms with van der Waals surface area (Å²) in [5, 5.41) is 0. The van der Waals surface area contributed by atoms with E-state index in [1.54, 1.807) is 62.4 Å². The van der Waals surface area contributed by atoms with Crippen molar-refractivity contribution < 1.29 is 28.5 Å². The summed E-state index contributed by atoms with van der Waals surface area (Å²) in [4.78, 5) is 24.1. The number of rotatable bonds is 7. The third-order valence-electron chi connectivity index (χ3n) is 4.06. The van der Waals surface area contributed by atoms with Crippen molar-refractivity contribution in [2.24, 2.45) is 0 Å². The summed E-state index contributed by atoms with van der Waals surface area (Å²) in [5.41, 5.74) is 1.29. The average molecular weight is 382 g/mol. The first-order chi connectivity index (χ1) is 13.5. The van der Waals surface area contributed by atoms with Gasteiger partial charge in [0.25, 0.3) is 0 Å². The van der Waals surface area contributed by atoms with Crippen LogP contribution in [-0.4, -0.2) is 31.1 Å². The molecule has 0 unspecified atom stereocenters. The Morgan fingerprint density at radius 2 is 1.79 bits per heavy atom. The van der Waals surface area contributed by atoms with Crippen LogP contribution in [0.15, 0.2) is 48.2 Å². The normalized spacial score (nSPS) is 15.0. The maximum absolute atomic E-state index is 12.5. The van der Waals surface area contributed by atoms with E-state index in [1.165, 1.54) is 0 Å². The summed E-state index contributed by atoms with van der Waals surface area (Å²) < 4.78 is 21.6. The third kappa shape index (κ3) is 4.34. The van der Waals surface area contributed by atoms with E-state index < -0.39 is 12.1 Å². The lowest BCUT2D eigenvalue weighted by Gasteiger charge is -2.13. The van der Waals surface area contributed by atoms with Crippen molar-refractivity contribution in [2.45, 2.75) is 26.9 Å². The van der Waals surface area contributed by atoms with Crippen LogP contribution in [0.3, 0.4) is 0 Å². The number of allylic oxidation sites excluding steroid dienone is 1. The van der Waals surface area contributed by atoms with Crippen molar-refractivity contribution in [2.75, 3.05) is 13.2 Å². The Balaban J connectivity index is 1.70. The predicted molar refractivity (Wildman–Crippen MR) is 104 cm³/mol. The lowest BCUT2D eigenvalue weighted by atomic mass is 10.1. The van der Waals surface area contributed by atoms with E-state index >= 15 is 0 Å². The van der Waals surface area contributed by atoms with Crippen molar-refractivity contribution in [3.8, 4) is 17.2 Å². The lowest BCUT2D eigenvalue weighted by Crippen LogP contribution is -2.25. The SMILES string of the molecule is CCOC(=O)[C@@H](C)Oc1ccc(/C=C2\Oc3cc(OCC)ccc3C2=O)cc1. The van der Waals surface area contributed by atoms with Crippen molar-refractivity contribution in [3.05, 3.63) is 59.4 Å². The molecular weight excluding hydrogens is 360 g/mol. The van der Waals surface area contributed by atoms with E-state index in [-0.39, 0.29) is 11.5 Å². The van der Waals surface area contributed by atoms with Gasteiger partial charge in [-0.15, -0.1) is 0 Å². The second-order valence-electron chi connectivity index (χ2n) is 6.11. The van der Waals surface area contributed by atoms with Gasteiger partial charge in [0.1, 0.15) is 17.2 Å². The van der Waals surface area contributed by atoms with Gasteiger partial charge in [-0.1, -0.05) is 12.1 Å². The number of carbonyl (C=O) groups is 2. The molecule has 0 bridgehead atoms. The molecule has 28 heavy (non-hydrogen) atoms. The fraction of sp³-hybridized carbons (Fsp3) is 0.273. The van der Waals surface area contributed by atoms with Crippen LogP contribution in [0.2, 0.25) is 0 Å². The van der Waals surface area contributed by atoms with Crippen LogP contribution in [0.4, 0.5) is 0 Å². The highest BCUT2D eigenvalue weighted by Gasteiger charge is 2.27. The van der Waals surface area contributed by atoms with Gasteiger partial charge in [0.2, 0.25) is 5.78 Å². The Hall–Kier alpha value is -3.28. The Morgan fingerprint density at radius 3 is 2.46 bits per heavy atom. The Morgan fingerprint density at radius 1 is 1.07 bits per heavy atom. The van der Waals surface area contributed by atoms with Gasteiger partial charge in [-0.2, -0.15) is 0 Å². The minimum atomic E-state index is -0.696. The number of ketones is 1. The van der Waals surface area contributed by atoms with E-state index in [0.717, 1.165) is 5.56 Å². The van der Waals surface area contributed by atoms with Gasteiger partial charge in [0.05, 0.1) is 18.8 Å². The van der Waals surface area contributed by atoms with Crippen LogP contribution in [0, 0.1) is 0 Å². The molecular formula is C22H22O6. The zero-order chi connectivity index (χ0) is 20.1. The van der Waals surface area contributed by atoms with Crippen LogP contribution in [-0.2, 0) is 9.53 Å². The first kappa shape index (κ1) is 19.5. The summed E-state index contributed by atoms with van der Waals surface area (Å²) in [5.74, 6) is 1.35. The van der Waals surface area contributed by atoms with E-state index in [2.05, 4.69) is 0 Å².